The average Bonchev–Trinajstić information content (AvgIpc) is 2.42. The minimum Gasteiger partial charge on any atom is -0.496 e. The summed E-state index contributed by atoms with van der Waals surface area (Å²) in [5, 5.41) is 0. The summed E-state index contributed by atoms with van der Waals surface area (Å²) in [7, 11) is 1.54. The molecule has 0 saturated heterocycles. The van der Waals surface area contributed by atoms with E-state index in [1.165, 1.54) is 12.1 Å². The number of methoxy groups -OCH3 is 1. The van der Waals surface area contributed by atoms with Crippen LogP contribution in [0.1, 0.15) is 27.0 Å². The van der Waals surface area contributed by atoms with Crippen molar-refractivity contribution in [3.05, 3.63) is 64.5 Å². The Morgan fingerprint density at radius 1 is 1.15 bits per heavy atom. The molecule has 0 aromatic heterocycles. The van der Waals surface area contributed by atoms with Crippen molar-refractivity contribution in [1.82, 2.24) is 0 Å². The molecule has 2 rings (SSSR count). The van der Waals surface area contributed by atoms with Gasteiger partial charge in [0, 0.05) is 6.42 Å². The van der Waals surface area contributed by atoms with Gasteiger partial charge in [0.25, 0.3) is 0 Å². The summed E-state index contributed by atoms with van der Waals surface area (Å²) in [5.74, 6) is 0.161. The van der Waals surface area contributed by atoms with E-state index in [1.54, 1.807) is 19.2 Å². The fraction of sp³-hybridized carbons (Fsp3) is 0.235. The zero-order chi connectivity index (χ0) is 14.7. The standard InChI is InChI=1S/C17H17FO2/c1-11-4-7-15(17(8-11)20-3)16(19)10-13-9-14(18)6-5-12(13)2/h4-9H,10H2,1-3H3. The first-order valence-electron chi connectivity index (χ1n) is 6.44. The number of aryl methyl sites for hydroxylation is 2. The van der Waals surface area contributed by atoms with E-state index in [-0.39, 0.29) is 18.0 Å². The van der Waals surface area contributed by atoms with E-state index in [0.29, 0.717) is 16.9 Å². The maximum atomic E-state index is 13.3. The topological polar surface area (TPSA) is 26.3 Å². The fourth-order valence-electron chi connectivity index (χ4n) is 2.13. The third kappa shape index (κ3) is 3.05. The Morgan fingerprint density at radius 3 is 2.60 bits per heavy atom. The predicted molar refractivity (Wildman–Crippen MR) is 76.9 cm³/mol. The second-order valence-corrected chi connectivity index (χ2v) is 4.87. The number of carbonyl (C=O) groups excluding carboxylic acids is 1. The molecular formula is C17H17FO2. The van der Waals surface area contributed by atoms with Crippen molar-refractivity contribution in [2.45, 2.75) is 20.3 Å². The first-order valence-corrected chi connectivity index (χ1v) is 6.44. The number of ether oxygens (including phenoxy) is 1. The van der Waals surface area contributed by atoms with Crippen molar-refractivity contribution in [1.29, 1.82) is 0 Å². The van der Waals surface area contributed by atoms with Crippen LogP contribution in [0.25, 0.3) is 0 Å². The van der Waals surface area contributed by atoms with Crippen molar-refractivity contribution >= 4 is 5.78 Å². The van der Waals surface area contributed by atoms with Crippen LogP contribution in [0.5, 0.6) is 5.75 Å². The van der Waals surface area contributed by atoms with Crippen LogP contribution in [0.4, 0.5) is 4.39 Å². The Kier molecular flexibility index (Phi) is 4.18. The Labute approximate surface area is 118 Å². The average molecular weight is 272 g/mol. The monoisotopic (exact) mass is 272 g/mol. The predicted octanol–water partition coefficient (Wildman–Crippen LogP) is 3.88. The van der Waals surface area contributed by atoms with E-state index in [9.17, 15) is 9.18 Å². The molecule has 0 spiro atoms. The van der Waals surface area contributed by atoms with Gasteiger partial charge in [-0.25, -0.2) is 4.39 Å². The van der Waals surface area contributed by atoms with Crippen LogP contribution in [0.15, 0.2) is 36.4 Å². The Hall–Kier alpha value is -2.16. The summed E-state index contributed by atoms with van der Waals surface area (Å²) in [5.41, 5.74) is 3.17. The quantitative estimate of drug-likeness (QED) is 0.790. The van der Waals surface area contributed by atoms with Gasteiger partial charge in [0.2, 0.25) is 0 Å². The van der Waals surface area contributed by atoms with Gasteiger partial charge in [0.1, 0.15) is 11.6 Å². The number of halogens is 1. The van der Waals surface area contributed by atoms with Gasteiger partial charge in [0.05, 0.1) is 12.7 Å². The number of benzene rings is 2. The van der Waals surface area contributed by atoms with E-state index >= 15 is 0 Å². The lowest BCUT2D eigenvalue weighted by atomic mass is 9.98. The number of rotatable bonds is 4. The van der Waals surface area contributed by atoms with Crippen molar-refractivity contribution in [3.63, 3.8) is 0 Å². The first-order chi connectivity index (χ1) is 9.51. The van der Waals surface area contributed by atoms with Crippen molar-refractivity contribution in [2.24, 2.45) is 0 Å². The third-order valence-electron chi connectivity index (χ3n) is 3.32. The largest absolute Gasteiger partial charge is 0.496 e. The molecule has 20 heavy (non-hydrogen) atoms. The van der Waals surface area contributed by atoms with E-state index < -0.39 is 0 Å². The molecular weight excluding hydrogens is 255 g/mol. The molecule has 3 heteroatoms. The number of Topliss-reactive ketones (excluding diaryl/α,β-unsaturated/α-hetero) is 1. The van der Waals surface area contributed by atoms with Crippen LogP contribution in [0.3, 0.4) is 0 Å². The molecule has 0 N–H and O–H groups in total. The summed E-state index contributed by atoms with van der Waals surface area (Å²) in [6.07, 6.45) is 0.170. The minimum atomic E-state index is -0.325. The van der Waals surface area contributed by atoms with Crippen LogP contribution in [0, 0.1) is 19.7 Å². The number of hydrogen-bond donors (Lipinski definition) is 0. The lowest BCUT2D eigenvalue weighted by molar-refractivity contribution is 0.0990. The molecule has 0 heterocycles. The van der Waals surface area contributed by atoms with Crippen LogP contribution in [0.2, 0.25) is 0 Å². The summed E-state index contributed by atoms with van der Waals surface area (Å²) in [4.78, 5) is 12.4. The molecule has 0 aliphatic carbocycles. The molecule has 2 aromatic rings. The highest BCUT2D eigenvalue weighted by Gasteiger charge is 2.14. The fourth-order valence-corrected chi connectivity index (χ4v) is 2.13. The molecule has 104 valence electrons. The molecule has 0 fully saturated rings. The van der Waals surface area contributed by atoms with Crippen LogP contribution in [-0.2, 0) is 6.42 Å². The molecule has 2 aromatic carbocycles. The highest BCUT2D eigenvalue weighted by molar-refractivity contribution is 6.00. The molecule has 0 saturated carbocycles. The van der Waals surface area contributed by atoms with Gasteiger partial charge < -0.3 is 4.74 Å². The smallest absolute Gasteiger partial charge is 0.170 e. The molecule has 0 amide bonds. The Balaban J connectivity index is 2.30. The van der Waals surface area contributed by atoms with Crippen molar-refractivity contribution in [3.8, 4) is 5.75 Å². The molecule has 0 aliphatic heterocycles. The second kappa shape index (κ2) is 5.87. The number of carbonyl (C=O) groups is 1. The van der Waals surface area contributed by atoms with Gasteiger partial charge in [0.15, 0.2) is 5.78 Å². The van der Waals surface area contributed by atoms with Gasteiger partial charge in [-0.15, -0.1) is 0 Å². The first kappa shape index (κ1) is 14.3. The highest BCUT2D eigenvalue weighted by atomic mass is 19.1. The van der Waals surface area contributed by atoms with E-state index in [1.807, 2.05) is 26.0 Å². The highest BCUT2D eigenvalue weighted by Crippen LogP contribution is 2.22. The molecule has 0 unspecified atom stereocenters. The summed E-state index contributed by atoms with van der Waals surface area (Å²) < 4.78 is 18.5. The van der Waals surface area contributed by atoms with Crippen LogP contribution >= 0.6 is 0 Å². The van der Waals surface area contributed by atoms with Gasteiger partial charge >= 0.3 is 0 Å². The summed E-state index contributed by atoms with van der Waals surface area (Å²) >= 11 is 0. The van der Waals surface area contributed by atoms with Crippen LogP contribution < -0.4 is 4.74 Å². The zero-order valence-corrected chi connectivity index (χ0v) is 11.9. The Morgan fingerprint density at radius 2 is 1.90 bits per heavy atom. The van der Waals surface area contributed by atoms with Crippen molar-refractivity contribution < 1.29 is 13.9 Å². The molecule has 0 radical (unpaired) electrons. The molecule has 2 nitrogen and oxygen atoms in total. The number of hydrogen-bond acceptors (Lipinski definition) is 2. The SMILES string of the molecule is COc1cc(C)ccc1C(=O)Cc1cc(F)ccc1C. The van der Waals surface area contributed by atoms with Crippen LogP contribution in [-0.4, -0.2) is 12.9 Å². The van der Waals surface area contributed by atoms with E-state index in [4.69, 9.17) is 4.74 Å². The van der Waals surface area contributed by atoms with E-state index in [0.717, 1.165) is 11.1 Å². The summed E-state index contributed by atoms with van der Waals surface area (Å²) in [6.45, 7) is 3.81. The van der Waals surface area contributed by atoms with E-state index in [2.05, 4.69) is 0 Å². The maximum Gasteiger partial charge on any atom is 0.170 e. The van der Waals surface area contributed by atoms with Gasteiger partial charge in [-0.2, -0.15) is 0 Å². The third-order valence-corrected chi connectivity index (χ3v) is 3.32. The minimum absolute atomic E-state index is 0.0736. The molecule has 0 aliphatic rings. The normalized spacial score (nSPS) is 10.4. The lowest BCUT2D eigenvalue weighted by Crippen LogP contribution is -2.07. The van der Waals surface area contributed by atoms with Gasteiger partial charge in [-0.1, -0.05) is 12.1 Å². The maximum absolute atomic E-state index is 13.3. The van der Waals surface area contributed by atoms with Gasteiger partial charge in [-0.05, 0) is 54.8 Å². The Bertz CT molecular complexity index is 647. The van der Waals surface area contributed by atoms with Crippen molar-refractivity contribution in [2.75, 3.05) is 7.11 Å². The lowest BCUT2D eigenvalue weighted by Gasteiger charge is -2.10. The number of ketones is 1. The summed E-state index contributed by atoms with van der Waals surface area (Å²) in [6, 6.07) is 9.94. The second-order valence-electron chi connectivity index (χ2n) is 4.87. The zero-order valence-electron chi connectivity index (χ0n) is 11.9. The van der Waals surface area contributed by atoms with Gasteiger partial charge in [-0.3, -0.25) is 4.79 Å². The molecule has 0 atom stereocenters. The molecule has 0 bridgehead atoms.